The molecule has 0 bridgehead atoms. The predicted molar refractivity (Wildman–Crippen MR) is 79.4 cm³/mol. The van der Waals surface area contributed by atoms with E-state index >= 15 is 0 Å². The Labute approximate surface area is 114 Å². The van der Waals surface area contributed by atoms with Gasteiger partial charge in [0.25, 0.3) is 0 Å². The van der Waals surface area contributed by atoms with E-state index < -0.39 is 0 Å². The summed E-state index contributed by atoms with van der Waals surface area (Å²) in [4.78, 5) is 0. The number of anilines is 1. The van der Waals surface area contributed by atoms with Gasteiger partial charge >= 0.3 is 0 Å². The molecule has 0 aliphatic carbocycles. The van der Waals surface area contributed by atoms with Gasteiger partial charge in [-0.05, 0) is 49.6 Å². The monoisotopic (exact) mass is 259 g/mol. The van der Waals surface area contributed by atoms with Crippen LogP contribution in [0.2, 0.25) is 5.02 Å². The van der Waals surface area contributed by atoms with Crippen molar-refractivity contribution in [3.63, 3.8) is 0 Å². The minimum Gasteiger partial charge on any atom is -0.378 e. The van der Waals surface area contributed by atoms with Gasteiger partial charge in [0.2, 0.25) is 0 Å². The Morgan fingerprint density at radius 3 is 2.06 bits per heavy atom. The molecule has 2 rings (SSSR count). The smallest absolute Gasteiger partial charge is 0.0485 e. The molecule has 0 aromatic heterocycles. The molecule has 1 atom stereocenters. The summed E-state index contributed by atoms with van der Waals surface area (Å²) in [7, 11) is 0. The summed E-state index contributed by atoms with van der Waals surface area (Å²) in [5.41, 5.74) is 5.01. The number of halogens is 1. The number of aryl methyl sites for hydroxylation is 2. The third kappa shape index (κ3) is 2.85. The highest BCUT2D eigenvalue weighted by atomic mass is 35.5. The maximum atomic E-state index is 5.91. The van der Waals surface area contributed by atoms with Gasteiger partial charge in [-0.1, -0.05) is 41.9 Å². The molecule has 1 nitrogen and oxygen atoms in total. The van der Waals surface area contributed by atoms with Crippen LogP contribution in [-0.4, -0.2) is 0 Å². The largest absolute Gasteiger partial charge is 0.378 e. The van der Waals surface area contributed by atoms with Crippen molar-refractivity contribution in [3.8, 4) is 0 Å². The lowest BCUT2D eigenvalue weighted by Gasteiger charge is -2.19. The fourth-order valence-electron chi connectivity index (χ4n) is 2.09. The van der Waals surface area contributed by atoms with E-state index in [2.05, 4.69) is 56.4 Å². The fraction of sp³-hybridized carbons (Fsp3) is 0.250. The molecule has 0 heterocycles. The van der Waals surface area contributed by atoms with Crippen LogP contribution in [0.5, 0.6) is 0 Å². The number of para-hydroxylation sites is 1. The van der Waals surface area contributed by atoms with Crippen molar-refractivity contribution < 1.29 is 0 Å². The van der Waals surface area contributed by atoms with Crippen molar-refractivity contribution >= 4 is 17.3 Å². The minimum atomic E-state index is 0.266. The summed E-state index contributed by atoms with van der Waals surface area (Å²) in [6, 6.07) is 14.6. The number of hydrogen-bond donors (Lipinski definition) is 1. The number of hydrogen-bond acceptors (Lipinski definition) is 1. The molecular formula is C16H18ClN. The van der Waals surface area contributed by atoms with Crippen molar-refractivity contribution in [3.05, 3.63) is 64.2 Å². The van der Waals surface area contributed by atoms with E-state index in [0.717, 1.165) is 5.02 Å². The summed E-state index contributed by atoms with van der Waals surface area (Å²) in [5.74, 6) is 0. The molecule has 1 unspecified atom stereocenters. The third-order valence-corrected chi connectivity index (χ3v) is 3.46. The molecule has 0 saturated heterocycles. The minimum absolute atomic E-state index is 0.266. The molecule has 0 radical (unpaired) electrons. The van der Waals surface area contributed by atoms with Crippen LogP contribution < -0.4 is 5.32 Å². The second kappa shape index (κ2) is 5.45. The van der Waals surface area contributed by atoms with E-state index in [0.29, 0.717) is 0 Å². The highest BCUT2D eigenvalue weighted by molar-refractivity contribution is 6.30. The summed E-state index contributed by atoms with van der Waals surface area (Å²) in [6.07, 6.45) is 0. The van der Waals surface area contributed by atoms with Gasteiger partial charge in [0.05, 0.1) is 0 Å². The van der Waals surface area contributed by atoms with Gasteiger partial charge in [-0.3, -0.25) is 0 Å². The number of rotatable bonds is 3. The van der Waals surface area contributed by atoms with E-state index in [9.17, 15) is 0 Å². The van der Waals surface area contributed by atoms with Crippen LogP contribution in [0.15, 0.2) is 42.5 Å². The maximum absolute atomic E-state index is 5.91. The van der Waals surface area contributed by atoms with Crippen LogP contribution in [-0.2, 0) is 0 Å². The van der Waals surface area contributed by atoms with Gasteiger partial charge in [-0.2, -0.15) is 0 Å². The first-order valence-electron chi connectivity index (χ1n) is 6.16. The first kappa shape index (κ1) is 13.0. The lowest BCUT2D eigenvalue weighted by Crippen LogP contribution is -2.08. The quantitative estimate of drug-likeness (QED) is 0.806. The summed E-state index contributed by atoms with van der Waals surface area (Å²) in [5, 5.41) is 4.35. The SMILES string of the molecule is Cc1cccc(C)c1NC(C)c1ccc(Cl)cc1. The van der Waals surface area contributed by atoms with Crippen LogP contribution >= 0.6 is 11.6 Å². The predicted octanol–water partition coefficient (Wildman–Crippen LogP) is 5.13. The molecule has 0 fully saturated rings. The van der Waals surface area contributed by atoms with Crippen molar-refractivity contribution in [1.29, 1.82) is 0 Å². The first-order chi connectivity index (χ1) is 8.58. The van der Waals surface area contributed by atoms with Crippen LogP contribution in [0.3, 0.4) is 0 Å². The molecule has 2 aromatic rings. The van der Waals surface area contributed by atoms with E-state index in [1.165, 1.54) is 22.4 Å². The molecular weight excluding hydrogens is 242 g/mol. The zero-order valence-corrected chi connectivity index (χ0v) is 11.8. The molecule has 2 aromatic carbocycles. The number of nitrogens with one attached hydrogen (secondary N) is 1. The van der Waals surface area contributed by atoms with Gasteiger partial charge < -0.3 is 5.32 Å². The van der Waals surface area contributed by atoms with Gasteiger partial charge in [0, 0.05) is 16.8 Å². The molecule has 0 aliphatic rings. The molecule has 0 spiro atoms. The molecule has 2 heteroatoms. The molecule has 0 aliphatic heterocycles. The van der Waals surface area contributed by atoms with Crippen LogP contribution in [0.4, 0.5) is 5.69 Å². The van der Waals surface area contributed by atoms with Gasteiger partial charge in [0.15, 0.2) is 0 Å². The maximum Gasteiger partial charge on any atom is 0.0485 e. The summed E-state index contributed by atoms with van der Waals surface area (Å²) in [6.45, 7) is 6.42. The Morgan fingerprint density at radius 2 is 1.50 bits per heavy atom. The topological polar surface area (TPSA) is 12.0 Å². The second-order valence-corrected chi connectivity index (χ2v) is 5.12. The zero-order chi connectivity index (χ0) is 13.1. The summed E-state index contributed by atoms with van der Waals surface area (Å²) >= 11 is 5.91. The highest BCUT2D eigenvalue weighted by Crippen LogP contribution is 2.25. The lowest BCUT2D eigenvalue weighted by atomic mass is 10.1. The Morgan fingerprint density at radius 1 is 0.944 bits per heavy atom. The molecule has 1 N–H and O–H groups in total. The Balaban J connectivity index is 2.21. The third-order valence-electron chi connectivity index (χ3n) is 3.21. The van der Waals surface area contributed by atoms with Crippen molar-refractivity contribution in [2.24, 2.45) is 0 Å². The first-order valence-corrected chi connectivity index (χ1v) is 6.54. The van der Waals surface area contributed by atoms with Crippen LogP contribution in [0, 0.1) is 13.8 Å². The van der Waals surface area contributed by atoms with Crippen molar-refractivity contribution in [2.75, 3.05) is 5.32 Å². The molecule has 0 amide bonds. The van der Waals surface area contributed by atoms with Gasteiger partial charge in [-0.25, -0.2) is 0 Å². The normalized spacial score (nSPS) is 12.2. The standard InChI is InChI=1S/C16H18ClN/c1-11-5-4-6-12(2)16(11)18-13(3)14-7-9-15(17)10-8-14/h4-10,13,18H,1-3H3. The van der Waals surface area contributed by atoms with E-state index in [-0.39, 0.29) is 6.04 Å². The van der Waals surface area contributed by atoms with Crippen molar-refractivity contribution in [2.45, 2.75) is 26.8 Å². The Kier molecular flexibility index (Phi) is 3.93. The van der Waals surface area contributed by atoms with E-state index in [1.54, 1.807) is 0 Å². The van der Waals surface area contributed by atoms with E-state index in [4.69, 9.17) is 11.6 Å². The van der Waals surface area contributed by atoms with Crippen molar-refractivity contribution in [1.82, 2.24) is 0 Å². The average Bonchev–Trinajstić information content (AvgIpc) is 2.34. The molecule has 0 saturated carbocycles. The zero-order valence-electron chi connectivity index (χ0n) is 11.0. The molecule has 18 heavy (non-hydrogen) atoms. The second-order valence-electron chi connectivity index (χ2n) is 4.68. The fourth-order valence-corrected chi connectivity index (χ4v) is 2.22. The van der Waals surface area contributed by atoms with Gasteiger partial charge in [0.1, 0.15) is 0 Å². The Bertz CT molecular complexity index is 511. The molecule has 94 valence electrons. The highest BCUT2D eigenvalue weighted by Gasteiger charge is 2.08. The lowest BCUT2D eigenvalue weighted by molar-refractivity contribution is 0.880. The van der Waals surface area contributed by atoms with E-state index in [1.807, 2.05) is 12.1 Å². The average molecular weight is 260 g/mol. The number of benzene rings is 2. The Hall–Kier alpha value is -1.47. The van der Waals surface area contributed by atoms with Gasteiger partial charge in [-0.15, -0.1) is 0 Å². The van der Waals surface area contributed by atoms with Crippen LogP contribution in [0.25, 0.3) is 0 Å². The van der Waals surface area contributed by atoms with Crippen LogP contribution in [0.1, 0.15) is 29.7 Å². The summed E-state index contributed by atoms with van der Waals surface area (Å²) < 4.78 is 0.